The summed E-state index contributed by atoms with van der Waals surface area (Å²) in [6.45, 7) is 0.845. The van der Waals surface area contributed by atoms with Gasteiger partial charge in [-0.15, -0.1) is 0 Å². The second-order valence-corrected chi connectivity index (χ2v) is 3.01. The molecule has 0 saturated carbocycles. The summed E-state index contributed by atoms with van der Waals surface area (Å²) in [4.78, 5) is 20.6. The van der Waals surface area contributed by atoms with Crippen LogP contribution in [0.5, 0.6) is 0 Å². The first-order valence-corrected chi connectivity index (χ1v) is 4.52. The monoisotopic (exact) mass is 225 g/mol. The molecule has 0 heterocycles. The van der Waals surface area contributed by atoms with Crippen molar-refractivity contribution in [2.75, 3.05) is 18.4 Å². The van der Waals surface area contributed by atoms with Crippen molar-refractivity contribution in [1.29, 1.82) is 0 Å². The number of nitrogens with zero attached hydrogens (tertiary/aromatic N) is 1. The number of nitrogens with two attached hydrogens (primary N) is 1. The van der Waals surface area contributed by atoms with Crippen LogP contribution in [-0.2, 0) is 0 Å². The largest absolute Gasteiger partial charge is 0.477 e. The number of carboxylic acid groups (broad SMARTS) is 1. The highest BCUT2D eigenvalue weighted by atomic mass is 16.6. The normalized spacial score (nSPS) is 9.81. The van der Waals surface area contributed by atoms with Gasteiger partial charge in [0.25, 0.3) is 5.69 Å². The number of nitro benzene ring substituents is 1. The van der Waals surface area contributed by atoms with Crippen LogP contribution in [0.25, 0.3) is 0 Å². The predicted octanol–water partition coefficient (Wildman–Crippen LogP) is 0.664. The Morgan fingerprint density at radius 3 is 2.75 bits per heavy atom. The third kappa shape index (κ3) is 2.67. The van der Waals surface area contributed by atoms with E-state index in [1.54, 1.807) is 0 Å². The van der Waals surface area contributed by atoms with E-state index >= 15 is 0 Å². The first-order valence-electron chi connectivity index (χ1n) is 4.52. The third-order valence-electron chi connectivity index (χ3n) is 1.90. The molecule has 1 aromatic rings. The Hall–Kier alpha value is -2.15. The van der Waals surface area contributed by atoms with Crippen LogP contribution in [0.2, 0.25) is 0 Å². The Morgan fingerprint density at radius 1 is 1.56 bits per heavy atom. The molecule has 0 bridgehead atoms. The summed E-state index contributed by atoms with van der Waals surface area (Å²) in [5, 5.41) is 22.2. The average molecular weight is 225 g/mol. The highest BCUT2D eigenvalue weighted by Gasteiger charge is 2.19. The number of anilines is 1. The average Bonchev–Trinajstić information content (AvgIpc) is 2.25. The van der Waals surface area contributed by atoms with Gasteiger partial charge in [-0.05, 0) is 12.1 Å². The number of carboxylic acids is 1. The van der Waals surface area contributed by atoms with Crippen molar-refractivity contribution in [3.8, 4) is 0 Å². The molecule has 16 heavy (non-hydrogen) atoms. The first-order chi connectivity index (χ1) is 7.56. The summed E-state index contributed by atoms with van der Waals surface area (Å²) >= 11 is 0. The van der Waals surface area contributed by atoms with E-state index < -0.39 is 16.6 Å². The molecule has 0 aliphatic rings. The lowest BCUT2D eigenvalue weighted by Crippen LogP contribution is -2.13. The smallest absolute Gasteiger partial charge is 0.342 e. The van der Waals surface area contributed by atoms with Gasteiger partial charge in [-0.2, -0.15) is 0 Å². The van der Waals surface area contributed by atoms with Crippen LogP contribution in [-0.4, -0.2) is 29.1 Å². The van der Waals surface area contributed by atoms with E-state index in [9.17, 15) is 14.9 Å². The van der Waals surface area contributed by atoms with Gasteiger partial charge in [-0.3, -0.25) is 10.1 Å². The van der Waals surface area contributed by atoms with Gasteiger partial charge in [0.1, 0.15) is 5.56 Å². The van der Waals surface area contributed by atoms with Crippen LogP contribution in [0.4, 0.5) is 11.4 Å². The molecule has 7 nitrogen and oxygen atoms in total. The van der Waals surface area contributed by atoms with Gasteiger partial charge in [0, 0.05) is 24.8 Å². The zero-order valence-corrected chi connectivity index (χ0v) is 8.34. The minimum atomic E-state index is -1.32. The summed E-state index contributed by atoms with van der Waals surface area (Å²) in [5.74, 6) is -1.32. The van der Waals surface area contributed by atoms with Crippen LogP contribution >= 0.6 is 0 Å². The van der Waals surface area contributed by atoms with E-state index in [4.69, 9.17) is 10.8 Å². The topological polar surface area (TPSA) is 118 Å². The fraction of sp³-hybridized carbons (Fsp3) is 0.222. The van der Waals surface area contributed by atoms with Crippen LogP contribution in [0.15, 0.2) is 18.2 Å². The van der Waals surface area contributed by atoms with Crippen molar-refractivity contribution >= 4 is 17.3 Å². The van der Waals surface area contributed by atoms with Gasteiger partial charge in [0.2, 0.25) is 0 Å². The number of hydrogen-bond acceptors (Lipinski definition) is 5. The Kier molecular flexibility index (Phi) is 3.78. The Morgan fingerprint density at radius 2 is 2.25 bits per heavy atom. The van der Waals surface area contributed by atoms with Crippen molar-refractivity contribution in [3.05, 3.63) is 33.9 Å². The minimum absolute atomic E-state index is 0.330. The van der Waals surface area contributed by atoms with Crippen molar-refractivity contribution in [3.63, 3.8) is 0 Å². The van der Waals surface area contributed by atoms with Gasteiger partial charge in [0.05, 0.1) is 4.92 Å². The molecule has 0 atom stereocenters. The van der Waals surface area contributed by atoms with E-state index in [1.807, 2.05) is 0 Å². The van der Waals surface area contributed by atoms with Gasteiger partial charge in [-0.25, -0.2) is 4.79 Å². The van der Waals surface area contributed by atoms with Crippen LogP contribution in [0, 0.1) is 10.1 Å². The SMILES string of the molecule is NCCNc1ccc(C(=O)O)c([N+](=O)[O-])c1. The third-order valence-corrected chi connectivity index (χ3v) is 1.90. The summed E-state index contributed by atoms with van der Waals surface area (Å²) in [6, 6.07) is 3.84. The molecular formula is C9H11N3O4. The second-order valence-electron chi connectivity index (χ2n) is 3.01. The molecule has 0 saturated heterocycles. The van der Waals surface area contributed by atoms with E-state index in [1.165, 1.54) is 18.2 Å². The molecular weight excluding hydrogens is 214 g/mol. The second kappa shape index (κ2) is 5.08. The van der Waals surface area contributed by atoms with Crippen molar-refractivity contribution in [1.82, 2.24) is 0 Å². The number of benzene rings is 1. The van der Waals surface area contributed by atoms with Gasteiger partial charge >= 0.3 is 5.97 Å². The summed E-state index contributed by atoms with van der Waals surface area (Å²) in [7, 11) is 0. The zero-order valence-electron chi connectivity index (χ0n) is 8.34. The highest BCUT2D eigenvalue weighted by Crippen LogP contribution is 2.22. The summed E-state index contributed by atoms with van der Waals surface area (Å²) < 4.78 is 0. The molecule has 0 unspecified atom stereocenters. The number of nitro groups is 1. The van der Waals surface area contributed by atoms with Gasteiger partial charge in [0.15, 0.2) is 0 Å². The maximum Gasteiger partial charge on any atom is 0.342 e. The lowest BCUT2D eigenvalue weighted by Gasteiger charge is -2.05. The van der Waals surface area contributed by atoms with Crippen molar-refractivity contribution in [2.45, 2.75) is 0 Å². The minimum Gasteiger partial charge on any atom is -0.477 e. The molecule has 0 spiro atoms. The predicted molar refractivity (Wildman–Crippen MR) is 57.6 cm³/mol. The summed E-state index contributed by atoms with van der Waals surface area (Å²) in [6.07, 6.45) is 0. The number of nitrogens with one attached hydrogen (secondary N) is 1. The maximum absolute atomic E-state index is 10.7. The number of carbonyl (C=O) groups is 1. The maximum atomic E-state index is 10.7. The zero-order chi connectivity index (χ0) is 12.1. The Bertz CT molecular complexity index is 419. The van der Waals surface area contributed by atoms with Crippen molar-refractivity contribution < 1.29 is 14.8 Å². The Labute approximate surface area is 91.0 Å². The molecule has 0 radical (unpaired) electrons. The highest BCUT2D eigenvalue weighted by molar-refractivity contribution is 5.93. The lowest BCUT2D eigenvalue weighted by molar-refractivity contribution is -0.385. The molecule has 0 amide bonds. The van der Waals surface area contributed by atoms with Crippen molar-refractivity contribution in [2.24, 2.45) is 5.73 Å². The van der Waals surface area contributed by atoms with Crippen LogP contribution in [0.1, 0.15) is 10.4 Å². The summed E-state index contributed by atoms with van der Waals surface area (Å²) in [5.41, 5.74) is 4.97. The van der Waals surface area contributed by atoms with E-state index in [0.29, 0.717) is 18.8 Å². The van der Waals surface area contributed by atoms with Crippen LogP contribution < -0.4 is 11.1 Å². The molecule has 0 aromatic heterocycles. The molecule has 0 fully saturated rings. The van der Waals surface area contributed by atoms with Gasteiger partial charge < -0.3 is 16.2 Å². The van der Waals surface area contributed by atoms with E-state index in [0.717, 1.165) is 0 Å². The van der Waals surface area contributed by atoms with Crippen LogP contribution in [0.3, 0.4) is 0 Å². The quantitative estimate of drug-likeness (QED) is 0.500. The molecule has 1 aromatic carbocycles. The fourth-order valence-corrected chi connectivity index (χ4v) is 1.19. The molecule has 7 heteroatoms. The molecule has 0 aliphatic carbocycles. The molecule has 86 valence electrons. The van der Waals surface area contributed by atoms with Gasteiger partial charge in [-0.1, -0.05) is 0 Å². The molecule has 0 aliphatic heterocycles. The first kappa shape index (κ1) is 11.9. The van der Waals surface area contributed by atoms with E-state index in [-0.39, 0.29) is 5.56 Å². The molecule has 4 N–H and O–H groups in total. The number of aromatic carboxylic acids is 1. The number of rotatable bonds is 5. The van der Waals surface area contributed by atoms with E-state index in [2.05, 4.69) is 5.32 Å². The Balaban J connectivity index is 3.07. The lowest BCUT2D eigenvalue weighted by atomic mass is 10.1. The number of hydrogen-bond donors (Lipinski definition) is 3. The fourth-order valence-electron chi connectivity index (χ4n) is 1.19. The standard InChI is InChI=1S/C9H11N3O4/c10-3-4-11-6-1-2-7(9(13)14)8(5-6)12(15)16/h1-2,5,11H,3-4,10H2,(H,13,14). The molecule has 1 rings (SSSR count).